The molecule has 0 radical (unpaired) electrons. The van der Waals surface area contributed by atoms with E-state index in [-0.39, 0.29) is 36.5 Å². The molecule has 4 atom stereocenters. The summed E-state index contributed by atoms with van der Waals surface area (Å²) in [5.41, 5.74) is 1.13. The molecule has 0 amide bonds. The van der Waals surface area contributed by atoms with Crippen LogP contribution in [0, 0.1) is 17.7 Å². The van der Waals surface area contributed by atoms with Crippen LogP contribution in [0.25, 0.3) is 0 Å². The van der Waals surface area contributed by atoms with Crippen molar-refractivity contribution < 1.29 is 19.0 Å². The summed E-state index contributed by atoms with van der Waals surface area (Å²) in [5, 5.41) is 10.0. The average Bonchev–Trinajstić information content (AvgIpc) is 3.19. The minimum Gasteiger partial charge on any atom is -0.468 e. The Morgan fingerprint density at radius 2 is 2.04 bits per heavy atom. The molecule has 0 spiro atoms. The Morgan fingerprint density at radius 3 is 2.74 bits per heavy atom. The van der Waals surface area contributed by atoms with Gasteiger partial charge in [0.15, 0.2) is 0 Å². The summed E-state index contributed by atoms with van der Waals surface area (Å²) in [6.07, 6.45) is 0. The lowest BCUT2D eigenvalue weighted by Crippen LogP contribution is -2.43. The number of carbonyl (C=O) groups is 1. The van der Waals surface area contributed by atoms with Crippen LogP contribution in [0.15, 0.2) is 47.3 Å². The van der Waals surface area contributed by atoms with Crippen molar-refractivity contribution in [3.05, 3.63) is 69.9 Å². The predicted octanol–water partition coefficient (Wildman–Crippen LogP) is 1.32. The van der Waals surface area contributed by atoms with E-state index in [0.29, 0.717) is 12.1 Å². The van der Waals surface area contributed by atoms with E-state index >= 15 is 0 Å². The van der Waals surface area contributed by atoms with E-state index in [1.54, 1.807) is 28.8 Å². The number of pyridine rings is 1. The zero-order valence-electron chi connectivity index (χ0n) is 14.9. The third-order valence-corrected chi connectivity index (χ3v) is 5.82. The Bertz CT molecular complexity index is 928. The number of methoxy groups -OCH3 is 1. The number of halogens is 1. The van der Waals surface area contributed by atoms with Gasteiger partial charge >= 0.3 is 5.97 Å². The van der Waals surface area contributed by atoms with Crippen LogP contribution < -0.4 is 5.56 Å². The second-order valence-electron chi connectivity index (χ2n) is 7.09. The largest absolute Gasteiger partial charge is 0.468 e. The summed E-state index contributed by atoms with van der Waals surface area (Å²) < 4.78 is 21.0. The van der Waals surface area contributed by atoms with Gasteiger partial charge in [-0.2, -0.15) is 0 Å². The number of hydrogen-bond acceptors (Lipinski definition) is 5. The van der Waals surface area contributed by atoms with Crippen molar-refractivity contribution in [1.29, 1.82) is 0 Å². The number of hydrogen-bond donors (Lipinski definition) is 1. The molecular weight excluding hydrogens is 351 g/mol. The minimum atomic E-state index is -0.696. The normalized spacial score (nSPS) is 26.6. The van der Waals surface area contributed by atoms with E-state index in [0.717, 1.165) is 5.69 Å². The molecule has 1 fully saturated rings. The SMILES string of the molecule is COC(=O)[C@H]1[C@H](CO)[C@H]2Cn3c(cccc3=O)[C@H]2N1Cc1ccccc1F. The highest BCUT2D eigenvalue weighted by Gasteiger charge is 2.55. The molecule has 0 unspecified atom stereocenters. The topological polar surface area (TPSA) is 71.8 Å². The maximum absolute atomic E-state index is 14.3. The predicted molar refractivity (Wildman–Crippen MR) is 95.3 cm³/mol. The summed E-state index contributed by atoms with van der Waals surface area (Å²) in [6, 6.07) is 10.5. The molecule has 2 aliphatic heterocycles. The smallest absolute Gasteiger partial charge is 0.323 e. The molecule has 0 saturated carbocycles. The molecule has 7 heteroatoms. The number of aromatic nitrogens is 1. The number of aliphatic hydroxyl groups is 1. The summed E-state index contributed by atoms with van der Waals surface area (Å²) in [4.78, 5) is 26.7. The van der Waals surface area contributed by atoms with Gasteiger partial charge in [0.1, 0.15) is 11.9 Å². The lowest BCUT2D eigenvalue weighted by molar-refractivity contribution is -0.148. The van der Waals surface area contributed by atoms with Crippen molar-refractivity contribution in [2.24, 2.45) is 11.8 Å². The van der Waals surface area contributed by atoms with Crippen LogP contribution in [-0.4, -0.2) is 40.3 Å². The van der Waals surface area contributed by atoms with Crippen molar-refractivity contribution in [3.63, 3.8) is 0 Å². The van der Waals surface area contributed by atoms with Gasteiger partial charge in [-0.1, -0.05) is 24.3 Å². The zero-order valence-corrected chi connectivity index (χ0v) is 14.9. The van der Waals surface area contributed by atoms with Crippen molar-refractivity contribution >= 4 is 5.97 Å². The molecule has 0 bridgehead atoms. The van der Waals surface area contributed by atoms with Crippen LogP contribution in [0.2, 0.25) is 0 Å². The fourth-order valence-electron chi connectivity index (χ4n) is 4.64. The van der Waals surface area contributed by atoms with E-state index in [4.69, 9.17) is 4.74 Å². The van der Waals surface area contributed by atoms with Gasteiger partial charge < -0.3 is 14.4 Å². The number of ether oxygens (including phenoxy) is 1. The van der Waals surface area contributed by atoms with Crippen LogP contribution in [0.5, 0.6) is 0 Å². The highest BCUT2D eigenvalue weighted by atomic mass is 19.1. The first-order valence-corrected chi connectivity index (χ1v) is 8.94. The van der Waals surface area contributed by atoms with E-state index < -0.39 is 17.9 Å². The minimum absolute atomic E-state index is 0.112. The zero-order chi connectivity index (χ0) is 19.1. The van der Waals surface area contributed by atoms with Crippen LogP contribution in [0.3, 0.4) is 0 Å². The Hall–Kier alpha value is -2.51. The molecule has 4 rings (SSSR count). The summed E-state index contributed by atoms with van der Waals surface area (Å²) in [7, 11) is 1.31. The lowest BCUT2D eigenvalue weighted by atomic mass is 9.88. The number of esters is 1. The van der Waals surface area contributed by atoms with Crippen molar-refractivity contribution in [2.45, 2.75) is 25.2 Å². The van der Waals surface area contributed by atoms with E-state index in [1.807, 2.05) is 11.0 Å². The number of nitrogens with zero attached hydrogens (tertiary/aromatic N) is 2. The van der Waals surface area contributed by atoms with Gasteiger partial charge in [-0.25, -0.2) is 4.39 Å². The fraction of sp³-hybridized carbons (Fsp3) is 0.400. The summed E-state index contributed by atoms with van der Waals surface area (Å²) in [6.45, 7) is 0.400. The van der Waals surface area contributed by atoms with Crippen LogP contribution >= 0.6 is 0 Å². The van der Waals surface area contributed by atoms with Crippen molar-refractivity contribution in [3.8, 4) is 0 Å². The van der Waals surface area contributed by atoms with E-state index in [1.165, 1.54) is 19.2 Å². The standard InChI is InChI=1S/C20H21FN2O4/c1-27-20(26)19-14(11-24)13-10-22-16(7-4-8-17(22)25)18(13)23(19)9-12-5-2-3-6-15(12)21/h2-8,13-14,18-19,24H,9-11H2,1H3/t13-,14-,18+,19-/m1/s1. The Balaban J connectivity index is 1.81. The van der Waals surface area contributed by atoms with Crippen LogP contribution in [0.1, 0.15) is 17.3 Å². The van der Waals surface area contributed by atoms with E-state index in [2.05, 4.69) is 0 Å². The van der Waals surface area contributed by atoms with Crippen LogP contribution in [-0.2, 0) is 22.6 Å². The molecule has 27 heavy (non-hydrogen) atoms. The molecule has 1 saturated heterocycles. The van der Waals surface area contributed by atoms with Crippen LogP contribution in [0.4, 0.5) is 4.39 Å². The molecule has 6 nitrogen and oxygen atoms in total. The highest BCUT2D eigenvalue weighted by Crippen LogP contribution is 2.49. The maximum atomic E-state index is 14.3. The maximum Gasteiger partial charge on any atom is 0.323 e. The number of aliphatic hydroxyl groups excluding tert-OH is 1. The highest BCUT2D eigenvalue weighted by molar-refractivity contribution is 5.77. The van der Waals surface area contributed by atoms with Gasteiger partial charge in [0.05, 0.1) is 13.2 Å². The molecule has 2 aliphatic rings. The molecule has 1 aromatic carbocycles. The molecule has 0 aliphatic carbocycles. The van der Waals surface area contributed by atoms with Gasteiger partial charge in [0.2, 0.25) is 0 Å². The number of benzene rings is 1. The molecule has 1 aromatic heterocycles. The van der Waals surface area contributed by atoms with E-state index in [9.17, 15) is 19.1 Å². The number of rotatable bonds is 4. The number of fused-ring (bicyclic) bond motifs is 3. The molecular formula is C20H21FN2O4. The first-order chi connectivity index (χ1) is 13.1. The second-order valence-corrected chi connectivity index (χ2v) is 7.09. The van der Waals surface area contributed by atoms with Gasteiger partial charge in [0.25, 0.3) is 5.56 Å². The quantitative estimate of drug-likeness (QED) is 0.820. The monoisotopic (exact) mass is 372 g/mol. The number of carbonyl (C=O) groups excluding carboxylic acids is 1. The third kappa shape index (κ3) is 2.78. The van der Waals surface area contributed by atoms with Gasteiger partial charge in [-0.05, 0) is 12.1 Å². The van der Waals surface area contributed by atoms with Crippen molar-refractivity contribution in [1.82, 2.24) is 9.47 Å². The molecule has 142 valence electrons. The Kier molecular flexibility index (Phi) is 4.57. The average molecular weight is 372 g/mol. The summed E-state index contributed by atoms with van der Waals surface area (Å²) in [5.74, 6) is -1.33. The van der Waals surface area contributed by atoms with Gasteiger partial charge in [-0.3, -0.25) is 14.5 Å². The lowest BCUT2D eigenvalue weighted by Gasteiger charge is -2.29. The second kappa shape index (κ2) is 6.90. The Morgan fingerprint density at radius 1 is 1.26 bits per heavy atom. The van der Waals surface area contributed by atoms with Crippen molar-refractivity contribution in [2.75, 3.05) is 13.7 Å². The molecule has 1 N–H and O–H groups in total. The first-order valence-electron chi connectivity index (χ1n) is 8.94. The third-order valence-electron chi connectivity index (χ3n) is 5.82. The molecule has 3 heterocycles. The van der Waals surface area contributed by atoms with Gasteiger partial charge in [-0.15, -0.1) is 0 Å². The number of likely N-dealkylation sites (tertiary alicyclic amines) is 1. The summed E-state index contributed by atoms with van der Waals surface area (Å²) >= 11 is 0. The molecule has 2 aromatic rings. The van der Waals surface area contributed by atoms with Gasteiger partial charge in [0, 0.05) is 48.9 Å². The fourth-order valence-corrected chi connectivity index (χ4v) is 4.64. The first kappa shape index (κ1) is 17.9. The Labute approximate surface area is 155 Å².